The van der Waals surface area contributed by atoms with Crippen LogP contribution < -0.4 is 9.47 Å². The number of thiophene rings is 1. The largest absolute Gasteiger partial charge is 0.495 e. The van der Waals surface area contributed by atoms with Crippen LogP contribution in [-0.4, -0.2) is 14.2 Å². The van der Waals surface area contributed by atoms with Gasteiger partial charge in [0.15, 0.2) is 0 Å². The lowest BCUT2D eigenvalue weighted by atomic mass is 10.1. The Hall–Kier alpha value is 0.0600. The Bertz CT molecular complexity index is 631. The molecule has 1 aromatic heterocycles. The molecule has 0 spiro atoms. The summed E-state index contributed by atoms with van der Waals surface area (Å²) in [6.07, 6.45) is 0. The Morgan fingerprint density at radius 3 is 2.35 bits per heavy atom. The molecule has 0 amide bonds. The average molecular weight is 461 g/mol. The second-order valence-electron chi connectivity index (χ2n) is 3.85. The average Bonchev–Trinajstić information content (AvgIpc) is 2.76. The third-order valence-corrected chi connectivity index (χ3v) is 6.00. The molecule has 0 saturated heterocycles. The normalized spacial score (nSPS) is 12.3. The highest BCUT2D eigenvalue weighted by atomic mass is 79.9. The molecule has 7 heteroatoms. The van der Waals surface area contributed by atoms with E-state index in [1.165, 1.54) is 11.3 Å². The molecule has 2 nitrogen and oxygen atoms in total. The lowest BCUT2D eigenvalue weighted by Crippen LogP contribution is -1.99. The number of rotatable bonds is 4. The zero-order valence-corrected chi connectivity index (χ0v) is 16.0. The number of hydrogen-bond acceptors (Lipinski definition) is 3. The first-order valence-electron chi connectivity index (χ1n) is 5.48. The first-order chi connectivity index (χ1) is 9.49. The highest BCUT2D eigenvalue weighted by molar-refractivity contribution is 9.10. The molecular formula is C13H10Br2Cl2O2S. The van der Waals surface area contributed by atoms with E-state index in [9.17, 15) is 0 Å². The first-order valence-corrected chi connectivity index (χ1v) is 8.76. The van der Waals surface area contributed by atoms with Crippen LogP contribution in [-0.2, 0) is 0 Å². The van der Waals surface area contributed by atoms with Crippen molar-refractivity contribution in [2.75, 3.05) is 14.2 Å². The molecule has 0 fully saturated rings. The molecule has 2 aromatic rings. The van der Waals surface area contributed by atoms with Gasteiger partial charge in [0.1, 0.15) is 16.0 Å². The molecule has 0 aliphatic rings. The van der Waals surface area contributed by atoms with E-state index in [1.54, 1.807) is 14.2 Å². The fourth-order valence-electron chi connectivity index (χ4n) is 1.81. The highest BCUT2D eigenvalue weighted by Crippen LogP contribution is 2.47. The molecule has 20 heavy (non-hydrogen) atoms. The molecule has 0 radical (unpaired) electrons. The standard InChI is InChI=1S/C13H10Br2Cl2O2S/c1-18-8-4-3-6(12(19-2)11(8)15)10(14)7-5-9(16)20-13(7)17/h3-5,10H,1-2H3. The smallest absolute Gasteiger partial charge is 0.141 e. The maximum absolute atomic E-state index is 6.21. The quantitative estimate of drug-likeness (QED) is 0.497. The van der Waals surface area contributed by atoms with Crippen molar-refractivity contribution in [3.05, 3.63) is 42.5 Å². The van der Waals surface area contributed by atoms with E-state index in [2.05, 4.69) is 31.9 Å². The van der Waals surface area contributed by atoms with Gasteiger partial charge in [-0.15, -0.1) is 11.3 Å². The van der Waals surface area contributed by atoms with Crippen molar-refractivity contribution in [2.45, 2.75) is 4.83 Å². The van der Waals surface area contributed by atoms with Crippen LogP contribution in [0, 0.1) is 0 Å². The van der Waals surface area contributed by atoms with E-state index in [0.29, 0.717) is 20.2 Å². The van der Waals surface area contributed by atoms with E-state index in [0.717, 1.165) is 15.6 Å². The van der Waals surface area contributed by atoms with Crippen molar-refractivity contribution in [3.63, 3.8) is 0 Å². The van der Waals surface area contributed by atoms with Gasteiger partial charge in [-0.1, -0.05) is 45.2 Å². The second-order valence-corrected chi connectivity index (χ2v) is 7.84. The van der Waals surface area contributed by atoms with E-state index in [1.807, 2.05) is 18.2 Å². The Morgan fingerprint density at radius 1 is 1.15 bits per heavy atom. The van der Waals surface area contributed by atoms with Crippen molar-refractivity contribution in [1.29, 1.82) is 0 Å². The summed E-state index contributed by atoms with van der Waals surface area (Å²) in [4.78, 5) is -0.115. The number of alkyl halides is 1. The van der Waals surface area contributed by atoms with E-state index in [4.69, 9.17) is 32.7 Å². The highest BCUT2D eigenvalue weighted by Gasteiger charge is 2.23. The minimum absolute atomic E-state index is 0.115. The van der Waals surface area contributed by atoms with E-state index < -0.39 is 0 Å². The van der Waals surface area contributed by atoms with Crippen molar-refractivity contribution in [1.82, 2.24) is 0 Å². The van der Waals surface area contributed by atoms with E-state index >= 15 is 0 Å². The van der Waals surface area contributed by atoms with Crippen molar-refractivity contribution >= 4 is 66.4 Å². The molecule has 1 unspecified atom stereocenters. The molecule has 1 heterocycles. The van der Waals surface area contributed by atoms with Gasteiger partial charge in [-0.25, -0.2) is 0 Å². The van der Waals surface area contributed by atoms with Crippen molar-refractivity contribution < 1.29 is 9.47 Å². The summed E-state index contributed by atoms with van der Waals surface area (Å²) in [6.45, 7) is 0. The second kappa shape index (κ2) is 6.88. The van der Waals surface area contributed by atoms with E-state index in [-0.39, 0.29) is 4.83 Å². The predicted molar refractivity (Wildman–Crippen MR) is 92.4 cm³/mol. The van der Waals surface area contributed by atoms with Crippen LogP contribution in [0.15, 0.2) is 22.7 Å². The Balaban J connectivity index is 2.52. The Kier molecular flexibility index (Phi) is 5.65. The summed E-state index contributed by atoms with van der Waals surface area (Å²) in [5.41, 5.74) is 1.86. The lowest BCUT2D eigenvalue weighted by Gasteiger charge is -2.17. The fraction of sp³-hybridized carbons (Fsp3) is 0.231. The number of methoxy groups -OCH3 is 2. The number of hydrogen-bond donors (Lipinski definition) is 0. The van der Waals surface area contributed by atoms with Gasteiger partial charge in [0.2, 0.25) is 0 Å². The van der Waals surface area contributed by atoms with Gasteiger partial charge < -0.3 is 9.47 Å². The molecule has 108 valence electrons. The molecule has 0 N–H and O–H groups in total. The summed E-state index contributed by atoms with van der Waals surface area (Å²) < 4.78 is 12.8. The number of ether oxygens (including phenoxy) is 2. The minimum Gasteiger partial charge on any atom is -0.495 e. The third-order valence-electron chi connectivity index (χ3n) is 2.75. The zero-order valence-electron chi connectivity index (χ0n) is 10.5. The molecule has 0 bridgehead atoms. The molecule has 2 rings (SSSR count). The van der Waals surface area contributed by atoms with Gasteiger partial charge in [-0.2, -0.15) is 0 Å². The topological polar surface area (TPSA) is 18.5 Å². The third kappa shape index (κ3) is 3.12. The lowest BCUT2D eigenvalue weighted by molar-refractivity contribution is 0.386. The number of halogens is 4. The predicted octanol–water partition coefficient (Wildman–Crippen LogP) is 6.32. The summed E-state index contributed by atoms with van der Waals surface area (Å²) in [7, 11) is 3.23. The van der Waals surface area contributed by atoms with Crippen LogP contribution in [0.5, 0.6) is 11.5 Å². The van der Waals surface area contributed by atoms with Gasteiger partial charge >= 0.3 is 0 Å². The van der Waals surface area contributed by atoms with Crippen LogP contribution in [0.1, 0.15) is 16.0 Å². The van der Waals surface area contributed by atoms with Crippen molar-refractivity contribution in [3.8, 4) is 11.5 Å². The Morgan fingerprint density at radius 2 is 1.85 bits per heavy atom. The summed E-state index contributed by atoms with van der Waals surface area (Å²) in [5, 5.41) is 0. The summed E-state index contributed by atoms with van der Waals surface area (Å²) in [6, 6.07) is 5.66. The molecule has 0 aliphatic carbocycles. The van der Waals surface area contributed by atoms with Crippen LogP contribution in [0.25, 0.3) is 0 Å². The molecule has 0 aliphatic heterocycles. The zero-order chi connectivity index (χ0) is 14.9. The fourth-order valence-corrected chi connectivity index (χ4v) is 5.03. The first kappa shape index (κ1) is 16.4. The summed E-state index contributed by atoms with van der Waals surface area (Å²) in [5.74, 6) is 1.41. The van der Waals surface area contributed by atoms with Crippen LogP contribution in [0.2, 0.25) is 8.67 Å². The number of benzene rings is 1. The molecule has 1 atom stereocenters. The van der Waals surface area contributed by atoms with Gasteiger partial charge in [0, 0.05) is 11.1 Å². The van der Waals surface area contributed by atoms with Gasteiger partial charge in [0.25, 0.3) is 0 Å². The van der Waals surface area contributed by atoms with Crippen LogP contribution in [0.3, 0.4) is 0 Å². The Labute approximate surface area is 148 Å². The van der Waals surface area contributed by atoms with Crippen LogP contribution >= 0.6 is 66.4 Å². The van der Waals surface area contributed by atoms with Crippen molar-refractivity contribution in [2.24, 2.45) is 0 Å². The molecule has 0 saturated carbocycles. The van der Waals surface area contributed by atoms with Crippen LogP contribution in [0.4, 0.5) is 0 Å². The monoisotopic (exact) mass is 458 g/mol. The molecular weight excluding hydrogens is 451 g/mol. The minimum atomic E-state index is -0.115. The SMILES string of the molecule is COc1ccc(C(Br)c2cc(Cl)sc2Cl)c(OC)c1Br. The van der Waals surface area contributed by atoms with Gasteiger partial charge in [0.05, 0.1) is 27.7 Å². The summed E-state index contributed by atoms with van der Waals surface area (Å²) >= 11 is 20.7. The molecule has 1 aromatic carbocycles. The van der Waals surface area contributed by atoms with Gasteiger partial charge in [-0.05, 0) is 28.1 Å². The maximum Gasteiger partial charge on any atom is 0.141 e. The maximum atomic E-state index is 6.21. The van der Waals surface area contributed by atoms with Gasteiger partial charge in [-0.3, -0.25) is 0 Å².